The molecule has 1 N–H and O–H groups in total. The van der Waals surface area contributed by atoms with Crippen molar-refractivity contribution in [3.63, 3.8) is 0 Å². The van der Waals surface area contributed by atoms with Crippen LogP contribution in [0.4, 0.5) is 4.79 Å². The van der Waals surface area contributed by atoms with Crippen molar-refractivity contribution in [2.75, 3.05) is 19.6 Å². The minimum absolute atomic E-state index is 0.321. The Labute approximate surface area is 98.3 Å². The Bertz CT molecular complexity index is 230. The molecular weight excluding hydrogens is 204 g/mol. The van der Waals surface area contributed by atoms with Crippen molar-refractivity contribution in [3.05, 3.63) is 0 Å². The molecule has 1 amide bonds. The van der Waals surface area contributed by atoms with Crippen LogP contribution in [0.15, 0.2) is 0 Å². The number of hydrogen-bond acceptors (Lipinski definition) is 3. The van der Waals surface area contributed by atoms with Crippen LogP contribution in [-0.2, 0) is 4.74 Å². The van der Waals surface area contributed by atoms with Crippen LogP contribution in [0.5, 0.6) is 0 Å². The number of carbonyl (C=O) groups excluding carboxylic acids is 1. The van der Waals surface area contributed by atoms with E-state index < -0.39 is 5.60 Å². The topological polar surface area (TPSA) is 41.6 Å². The van der Waals surface area contributed by atoms with Crippen LogP contribution in [0.3, 0.4) is 0 Å². The third kappa shape index (κ3) is 4.84. The number of nitrogens with one attached hydrogen (secondary N) is 1. The SMILES string of the molecule is CC(CNC(=O)OC(C)(C)C)N1CCCC1. The Kier molecular flexibility index (Phi) is 4.59. The Morgan fingerprint density at radius 1 is 1.38 bits per heavy atom. The molecule has 1 rings (SSSR count). The summed E-state index contributed by atoms with van der Waals surface area (Å²) in [6.45, 7) is 10.7. The number of amides is 1. The van der Waals surface area contributed by atoms with Gasteiger partial charge in [-0.2, -0.15) is 0 Å². The molecule has 94 valence electrons. The van der Waals surface area contributed by atoms with Crippen LogP contribution in [0.25, 0.3) is 0 Å². The van der Waals surface area contributed by atoms with Gasteiger partial charge >= 0.3 is 6.09 Å². The number of alkyl carbamates (subject to hydrolysis) is 1. The smallest absolute Gasteiger partial charge is 0.407 e. The fourth-order valence-corrected chi connectivity index (χ4v) is 1.86. The first-order valence-electron chi connectivity index (χ1n) is 6.09. The Morgan fingerprint density at radius 3 is 2.44 bits per heavy atom. The summed E-state index contributed by atoms with van der Waals surface area (Å²) in [5, 5.41) is 2.81. The van der Waals surface area contributed by atoms with Crippen LogP contribution in [0.1, 0.15) is 40.5 Å². The summed E-state index contributed by atoms with van der Waals surface area (Å²) >= 11 is 0. The van der Waals surface area contributed by atoms with Crippen LogP contribution in [-0.4, -0.2) is 42.3 Å². The van der Waals surface area contributed by atoms with Crippen LogP contribution in [0, 0.1) is 0 Å². The van der Waals surface area contributed by atoms with E-state index in [2.05, 4.69) is 17.1 Å². The van der Waals surface area contributed by atoms with E-state index >= 15 is 0 Å². The van der Waals surface area contributed by atoms with Crippen LogP contribution in [0.2, 0.25) is 0 Å². The molecule has 0 aromatic rings. The number of rotatable bonds is 3. The van der Waals surface area contributed by atoms with Crippen molar-refractivity contribution >= 4 is 6.09 Å². The standard InChI is InChI=1S/C12H24N2O2/c1-10(14-7-5-6-8-14)9-13-11(15)16-12(2,3)4/h10H,5-9H2,1-4H3,(H,13,15). The number of ether oxygens (including phenoxy) is 1. The summed E-state index contributed by atoms with van der Waals surface area (Å²) in [6.07, 6.45) is 2.23. The van der Waals surface area contributed by atoms with E-state index in [-0.39, 0.29) is 6.09 Å². The molecule has 0 aromatic heterocycles. The first kappa shape index (κ1) is 13.3. The highest BCUT2D eigenvalue weighted by molar-refractivity contribution is 5.67. The van der Waals surface area contributed by atoms with Crippen molar-refractivity contribution in [2.45, 2.75) is 52.2 Å². The average Bonchev–Trinajstić information content (AvgIpc) is 2.64. The fourth-order valence-electron chi connectivity index (χ4n) is 1.86. The lowest BCUT2D eigenvalue weighted by Crippen LogP contribution is -2.42. The molecule has 16 heavy (non-hydrogen) atoms. The zero-order chi connectivity index (χ0) is 12.2. The zero-order valence-corrected chi connectivity index (χ0v) is 10.9. The number of hydrogen-bond donors (Lipinski definition) is 1. The van der Waals surface area contributed by atoms with E-state index in [1.165, 1.54) is 12.8 Å². The van der Waals surface area contributed by atoms with Gasteiger partial charge in [-0.05, 0) is 53.6 Å². The zero-order valence-electron chi connectivity index (χ0n) is 10.9. The molecule has 0 bridgehead atoms. The summed E-state index contributed by atoms with van der Waals surface area (Å²) in [6, 6.07) is 0.398. The van der Waals surface area contributed by atoms with Gasteiger partial charge in [-0.3, -0.25) is 4.90 Å². The van der Waals surface area contributed by atoms with Gasteiger partial charge in [0.05, 0.1) is 0 Å². The molecule has 0 radical (unpaired) electrons. The number of carbonyl (C=O) groups is 1. The van der Waals surface area contributed by atoms with Crippen molar-refractivity contribution in [1.29, 1.82) is 0 Å². The van der Waals surface area contributed by atoms with Gasteiger partial charge < -0.3 is 10.1 Å². The minimum Gasteiger partial charge on any atom is -0.444 e. The molecule has 1 heterocycles. The van der Waals surface area contributed by atoms with Gasteiger partial charge in [-0.25, -0.2) is 4.79 Å². The minimum atomic E-state index is -0.416. The first-order valence-corrected chi connectivity index (χ1v) is 6.09. The summed E-state index contributed by atoms with van der Waals surface area (Å²) in [4.78, 5) is 13.8. The van der Waals surface area contributed by atoms with Crippen molar-refractivity contribution in [1.82, 2.24) is 10.2 Å². The molecule has 0 aromatic carbocycles. The molecule has 0 saturated carbocycles. The Morgan fingerprint density at radius 2 is 1.94 bits per heavy atom. The number of likely N-dealkylation sites (tertiary alicyclic amines) is 1. The van der Waals surface area contributed by atoms with E-state index in [0.717, 1.165) is 13.1 Å². The summed E-state index contributed by atoms with van der Waals surface area (Å²) in [5.74, 6) is 0. The lowest BCUT2D eigenvalue weighted by molar-refractivity contribution is 0.0513. The lowest BCUT2D eigenvalue weighted by Gasteiger charge is -2.25. The van der Waals surface area contributed by atoms with Crippen molar-refractivity contribution in [3.8, 4) is 0 Å². The third-order valence-electron chi connectivity index (χ3n) is 2.70. The molecule has 1 aliphatic heterocycles. The van der Waals surface area contributed by atoms with E-state index in [0.29, 0.717) is 12.6 Å². The van der Waals surface area contributed by atoms with E-state index in [1.54, 1.807) is 0 Å². The molecule has 1 aliphatic rings. The molecule has 0 aliphatic carbocycles. The quantitative estimate of drug-likeness (QED) is 0.803. The predicted octanol–water partition coefficient (Wildman–Crippen LogP) is 2.00. The summed E-state index contributed by atoms with van der Waals surface area (Å²) in [7, 11) is 0. The second kappa shape index (κ2) is 5.53. The predicted molar refractivity (Wildman–Crippen MR) is 64.5 cm³/mol. The van der Waals surface area contributed by atoms with E-state index in [1.807, 2.05) is 20.8 Å². The average molecular weight is 228 g/mol. The highest BCUT2D eigenvalue weighted by Crippen LogP contribution is 2.11. The Balaban J connectivity index is 2.20. The monoisotopic (exact) mass is 228 g/mol. The van der Waals surface area contributed by atoms with Gasteiger partial charge in [0, 0.05) is 12.6 Å². The van der Waals surface area contributed by atoms with Crippen molar-refractivity contribution < 1.29 is 9.53 Å². The molecule has 4 heteroatoms. The second-order valence-corrected chi connectivity index (χ2v) is 5.47. The third-order valence-corrected chi connectivity index (χ3v) is 2.70. The molecular formula is C12H24N2O2. The number of nitrogens with zero attached hydrogens (tertiary/aromatic N) is 1. The molecule has 4 nitrogen and oxygen atoms in total. The second-order valence-electron chi connectivity index (χ2n) is 5.47. The molecule has 0 spiro atoms. The first-order chi connectivity index (χ1) is 7.38. The molecule has 1 atom stereocenters. The van der Waals surface area contributed by atoms with Crippen LogP contribution < -0.4 is 5.32 Å². The fraction of sp³-hybridized carbons (Fsp3) is 0.917. The summed E-state index contributed by atoms with van der Waals surface area (Å²) in [5.41, 5.74) is -0.416. The van der Waals surface area contributed by atoms with Gasteiger partial charge in [0.15, 0.2) is 0 Å². The molecule has 1 saturated heterocycles. The van der Waals surface area contributed by atoms with Gasteiger partial charge in [0.1, 0.15) is 5.60 Å². The van der Waals surface area contributed by atoms with E-state index in [4.69, 9.17) is 4.74 Å². The lowest BCUT2D eigenvalue weighted by atomic mass is 10.2. The maximum atomic E-state index is 11.4. The van der Waals surface area contributed by atoms with Crippen molar-refractivity contribution in [2.24, 2.45) is 0 Å². The Hall–Kier alpha value is -0.770. The van der Waals surface area contributed by atoms with Crippen LogP contribution >= 0.6 is 0 Å². The highest BCUT2D eigenvalue weighted by Gasteiger charge is 2.20. The molecule has 1 fully saturated rings. The van der Waals surface area contributed by atoms with Gasteiger partial charge in [-0.1, -0.05) is 0 Å². The maximum Gasteiger partial charge on any atom is 0.407 e. The summed E-state index contributed by atoms with van der Waals surface area (Å²) < 4.78 is 5.18. The van der Waals surface area contributed by atoms with Gasteiger partial charge in [0.25, 0.3) is 0 Å². The highest BCUT2D eigenvalue weighted by atomic mass is 16.6. The van der Waals surface area contributed by atoms with Gasteiger partial charge in [0.2, 0.25) is 0 Å². The normalized spacial score (nSPS) is 19.5. The molecule has 1 unspecified atom stereocenters. The van der Waals surface area contributed by atoms with E-state index in [9.17, 15) is 4.79 Å². The maximum absolute atomic E-state index is 11.4. The van der Waals surface area contributed by atoms with Gasteiger partial charge in [-0.15, -0.1) is 0 Å². The largest absolute Gasteiger partial charge is 0.444 e.